The van der Waals surface area contributed by atoms with Gasteiger partial charge in [-0.1, -0.05) is 11.6 Å². The first-order valence-electron chi connectivity index (χ1n) is 12.0. The number of nitrogen functional groups attached to an aromatic ring is 1. The van der Waals surface area contributed by atoms with Gasteiger partial charge in [0, 0.05) is 49.3 Å². The number of nitrogens with one attached hydrogen (secondary N) is 1. The molecule has 196 valence electrons. The molecule has 2 amide bonds. The first kappa shape index (κ1) is 27.4. The van der Waals surface area contributed by atoms with E-state index in [1.807, 2.05) is 18.2 Å². The van der Waals surface area contributed by atoms with Crippen LogP contribution in [0.25, 0.3) is 0 Å². The third kappa shape index (κ3) is 7.41. The molecule has 1 saturated heterocycles. The molecule has 1 unspecified atom stereocenters. The van der Waals surface area contributed by atoms with Gasteiger partial charge < -0.3 is 35.8 Å². The van der Waals surface area contributed by atoms with Crippen molar-refractivity contribution in [1.82, 2.24) is 10.2 Å². The van der Waals surface area contributed by atoms with Gasteiger partial charge in [0.1, 0.15) is 30.1 Å². The van der Waals surface area contributed by atoms with Crippen LogP contribution < -0.4 is 31.0 Å². The molecule has 2 aromatic carbocycles. The van der Waals surface area contributed by atoms with Crippen molar-refractivity contribution in [3.05, 3.63) is 46.5 Å². The van der Waals surface area contributed by atoms with Crippen LogP contribution in [0.4, 0.5) is 10.5 Å². The fourth-order valence-electron chi connectivity index (χ4n) is 4.57. The van der Waals surface area contributed by atoms with Crippen molar-refractivity contribution < 1.29 is 23.8 Å². The standard InChI is InChI=1S/C26H35ClN4O5/c1-34-19-11-17(12-20(13-19)35-2)16-36-25-15-23(28)22(27)14-21(25)24(5-3-4-10-32)31-8-6-18(7-9-31)30-26(29)33/h10-15,18,24H,3-9,16,28H2,1-2H3,(H3,29,30,33). The van der Waals surface area contributed by atoms with E-state index in [1.54, 1.807) is 26.4 Å². The zero-order valence-corrected chi connectivity index (χ0v) is 21.6. The summed E-state index contributed by atoms with van der Waals surface area (Å²) in [4.78, 5) is 24.6. The normalized spacial score (nSPS) is 15.2. The Morgan fingerprint density at radius 2 is 1.83 bits per heavy atom. The Hall–Kier alpha value is -3.17. The van der Waals surface area contributed by atoms with Crippen molar-refractivity contribution >= 4 is 29.6 Å². The molecular formula is C26H35ClN4O5. The molecular weight excluding hydrogens is 484 g/mol. The number of hydrogen-bond donors (Lipinski definition) is 3. The molecule has 0 saturated carbocycles. The van der Waals surface area contributed by atoms with Gasteiger partial charge in [0.15, 0.2) is 0 Å². The third-order valence-corrected chi connectivity index (χ3v) is 6.74. The molecule has 1 atom stereocenters. The first-order chi connectivity index (χ1) is 17.3. The number of likely N-dealkylation sites (tertiary alicyclic amines) is 1. The van der Waals surface area contributed by atoms with E-state index in [2.05, 4.69) is 10.2 Å². The second-order valence-corrected chi connectivity index (χ2v) is 9.26. The molecule has 3 rings (SSSR count). The maximum atomic E-state index is 11.3. The number of halogens is 1. The smallest absolute Gasteiger partial charge is 0.312 e. The van der Waals surface area contributed by atoms with E-state index in [0.29, 0.717) is 34.4 Å². The van der Waals surface area contributed by atoms with E-state index in [9.17, 15) is 9.59 Å². The lowest BCUT2D eigenvalue weighted by Crippen LogP contribution is -2.47. The van der Waals surface area contributed by atoms with E-state index < -0.39 is 6.03 Å². The fraction of sp³-hybridized carbons (Fsp3) is 0.462. The number of carbonyl (C=O) groups is 2. The highest BCUT2D eigenvalue weighted by atomic mass is 35.5. The van der Waals surface area contributed by atoms with E-state index in [-0.39, 0.29) is 18.7 Å². The van der Waals surface area contributed by atoms with Crippen LogP contribution in [-0.4, -0.2) is 50.6 Å². The van der Waals surface area contributed by atoms with Crippen molar-refractivity contribution in [3.63, 3.8) is 0 Å². The van der Waals surface area contributed by atoms with Crippen molar-refractivity contribution in [2.45, 2.75) is 50.8 Å². The largest absolute Gasteiger partial charge is 0.497 e. The lowest BCUT2D eigenvalue weighted by molar-refractivity contribution is -0.108. The number of amides is 2. The minimum atomic E-state index is -0.508. The van der Waals surface area contributed by atoms with Crippen LogP contribution in [-0.2, 0) is 11.4 Å². The average Bonchev–Trinajstić information content (AvgIpc) is 2.87. The number of nitrogens with two attached hydrogens (primary N) is 2. The molecule has 0 bridgehead atoms. The summed E-state index contributed by atoms with van der Waals surface area (Å²) in [5.74, 6) is 1.97. The third-order valence-electron chi connectivity index (χ3n) is 6.41. The lowest BCUT2D eigenvalue weighted by atomic mass is 9.94. The SMILES string of the molecule is COc1cc(COc2cc(N)c(Cl)cc2C(CCCC=O)N2CCC(NC(N)=O)CC2)cc(OC)c1. The predicted molar refractivity (Wildman–Crippen MR) is 140 cm³/mol. The molecule has 1 fully saturated rings. The zero-order chi connectivity index (χ0) is 26.1. The summed E-state index contributed by atoms with van der Waals surface area (Å²) in [6, 6.07) is 8.69. The molecule has 0 radical (unpaired) electrons. The highest BCUT2D eigenvalue weighted by Gasteiger charge is 2.29. The first-order valence-corrected chi connectivity index (χ1v) is 12.4. The van der Waals surface area contributed by atoms with Gasteiger partial charge in [-0.3, -0.25) is 4.90 Å². The predicted octanol–water partition coefficient (Wildman–Crippen LogP) is 4.06. The van der Waals surface area contributed by atoms with E-state index in [0.717, 1.165) is 56.2 Å². The summed E-state index contributed by atoms with van der Waals surface area (Å²) in [5, 5.41) is 3.25. The van der Waals surface area contributed by atoms with Gasteiger partial charge in [-0.25, -0.2) is 4.79 Å². The minimum Gasteiger partial charge on any atom is -0.497 e. The number of aldehydes is 1. The summed E-state index contributed by atoms with van der Waals surface area (Å²) in [7, 11) is 3.20. The van der Waals surface area contributed by atoms with Crippen LogP contribution in [0.1, 0.15) is 49.3 Å². The Labute approximate surface area is 217 Å². The van der Waals surface area contributed by atoms with Gasteiger partial charge in [0.25, 0.3) is 0 Å². The van der Waals surface area contributed by atoms with E-state index >= 15 is 0 Å². The Bertz CT molecular complexity index is 1020. The molecule has 0 aliphatic carbocycles. The minimum absolute atomic E-state index is 0.0348. The number of carbonyl (C=O) groups excluding carboxylic acids is 2. The van der Waals surface area contributed by atoms with E-state index in [1.165, 1.54) is 0 Å². The molecule has 0 aromatic heterocycles. The number of hydrogen-bond acceptors (Lipinski definition) is 7. The van der Waals surface area contributed by atoms with Crippen molar-refractivity contribution in [2.75, 3.05) is 33.0 Å². The van der Waals surface area contributed by atoms with Gasteiger partial charge in [0.05, 0.1) is 24.9 Å². The molecule has 36 heavy (non-hydrogen) atoms. The average molecular weight is 519 g/mol. The van der Waals surface area contributed by atoms with Gasteiger partial charge in [-0.2, -0.15) is 0 Å². The Morgan fingerprint density at radius 3 is 2.42 bits per heavy atom. The van der Waals surface area contributed by atoms with Crippen molar-refractivity contribution in [3.8, 4) is 17.2 Å². The van der Waals surface area contributed by atoms with Gasteiger partial charge in [-0.05, 0) is 49.4 Å². The zero-order valence-electron chi connectivity index (χ0n) is 20.8. The summed E-state index contributed by atoms with van der Waals surface area (Å²) in [6.45, 7) is 1.78. The number of rotatable bonds is 12. The number of nitrogens with zero attached hydrogens (tertiary/aromatic N) is 1. The van der Waals surface area contributed by atoms with Crippen LogP contribution in [0.15, 0.2) is 30.3 Å². The van der Waals surface area contributed by atoms with Crippen LogP contribution >= 0.6 is 11.6 Å². The molecule has 9 nitrogen and oxygen atoms in total. The Kier molecular flexibility index (Phi) is 10.1. The number of piperidine rings is 1. The molecule has 5 N–H and O–H groups in total. The van der Waals surface area contributed by atoms with E-state index in [4.69, 9.17) is 37.3 Å². The Balaban J connectivity index is 1.87. The molecule has 2 aromatic rings. The lowest BCUT2D eigenvalue weighted by Gasteiger charge is -2.38. The molecule has 1 heterocycles. The summed E-state index contributed by atoms with van der Waals surface area (Å²) >= 11 is 6.46. The van der Waals surface area contributed by atoms with Gasteiger partial charge in [0.2, 0.25) is 0 Å². The maximum absolute atomic E-state index is 11.3. The second-order valence-electron chi connectivity index (χ2n) is 8.85. The van der Waals surface area contributed by atoms with Gasteiger partial charge >= 0.3 is 6.03 Å². The molecule has 10 heteroatoms. The maximum Gasteiger partial charge on any atom is 0.312 e. The highest BCUT2D eigenvalue weighted by molar-refractivity contribution is 6.33. The van der Waals surface area contributed by atoms with Gasteiger partial charge in [-0.15, -0.1) is 0 Å². The van der Waals surface area contributed by atoms with Crippen molar-refractivity contribution in [2.24, 2.45) is 5.73 Å². The molecule has 1 aliphatic rings. The highest BCUT2D eigenvalue weighted by Crippen LogP contribution is 2.39. The number of ether oxygens (including phenoxy) is 3. The monoisotopic (exact) mass is 518 g/mol. The number of benzene rings is 2. The fourth-order valence-corrected chi connectivity index (χ4v) is 4.74. The van der Waals surface area contributed by atoms with Crippen LogP contribution in [0.5, 0.6) is 17.2 Å². The van der Waals surface area contributed by atoms with Crippen molar-refractivity contribution in [1.29, 1.82) is 0 Å². The molecule has 0 spiro atoms. The summed E-state index contributed by atoms with van der Waals surface area (Å²) in [6.07, 6.45) is 4.42. The number of unbranched alkanes of at least 4 members (excludes halogenated alkanes) is 1. The number of urea groups is 1. The second kappa shape index (κ2) is 13.2. The van der Waals surface area contributed by atoms with Crippen LogP contribution in [0.2, 0.25) is 5.02 Å². The Morgan fingerprint density at radius 1 is 1.17 bits per heavy atom. The quantitative estimate of drug-likeness (QED) is 0.219. The van der Waals surface area contributed by atoms with Crippen LogP contribution in [0, 0.1) is 0 Å². The summed E-state index contributed by atoms with van der Waals surface area (Å²) < 4.78 is 17.0. The number of primary amides is 1. The molecule has 1 aliphatic heterocycles. The summed E-state index contributed by atoms with van der Waals surface area (Å²) in [5.41, 5.74) is 13.7. The number of methoxy groups -OCH3 is 2. The number of anilines is 1. The topological polar surface area (TPSA) is 129 Å². The van der Waals surface area contributed by atoms with Crippen LogP contribution in [0.3, 0.4) is 0 Å².